The van der Waals surface area contributed by atoms with Crippen LogP contribution in [0.4, 0.5) is 8.78 Å². The van der Waals surface area contributed by atoms with E-state index in [4.69, 9.17) is 14.7 Å². The van der Waals surface area contributed by atoms with Gasteiger partial charge in [-0.1, -0.05) is 0 Å². The number of aryl methyl sites for hydroxylation is 2. The van der Waals surface area contributed by atoms with Crippen molar-refractivity contribution in [3.05, 3.63) is 40.9 Å². The molecule has 6 rings (SSSR count). The molecule has 5 atom stereocenters. The molecule has 3 fully saturated rings. The summed E-state index contributed by atoms with van der Waals surface area (Å²) >= 11 is 0. The fraction of sp³-hybridized carbons (Fsp3) is 0.625. The highest BCUT2D eigenvalue weighted by Crippen LogP contribution is 2.42. The fourth-order valence-electron chi connectivity index (χ4n) is 5.10. The van der Waals surface area contributed by atoms with Gasteiger partial charge < -0.3 is 4.74 Å². The largest absolute Gasteiger partial charge is 0.373 e. The number of aromatic nitrogens is 6. The summed E-state index contributed by atoms with van der Waals surface area (Å²) in [6.45, 7) is 4.38. The fourth-order valence-corrected chi connectivity index (χ4v) is 5.10. The number of ether oxygens (including phenoxy) is 1. The van der Waals surface area contributed by atoms with Gasteiger partial charge in [0.15, 0.2) is 5.65 Å². The van der Waals surface area contributed by atoms with E-state index in [0.29, 0.717) is 35.3 Å². The summed E-state index contributed by atoms with van der Waals surface area (Å²) in [5.41, 5.74) is 4.38. The van der Waals surface area contributed by atoms with Gasteiger partial charge in [-0.05, 0) is 52.4 Å². The molecular weight excluding hydrogens is 426 g/mol. The van der Waals surface area contributed by atoms with Crippen LogP contribution in [0.15, 0.2) is 12.4 Å². The maximum Gasteiger partial charge on any atom is 0.182 e. The molecule has 0 radical (unpaired) electrons. The Bertz CT molecular complexity index is 1190. The van der Waals surface area contributed by atoms with Crippen molar-refractivity contribution in [2.75, 3.05) is 6.61 Å². The molecule has 3 aliphatic rings. The highest BCUT2D eigenvalue weighted by molar-refractivity contribution is 5.73. The standard InChI is InChI=1S/C24H28F2N6O/c1-12-13(2)29-24-22(28-12)21(15-7-18(25)19(26)8-15)30-23(31-24)14-5-6-33-20(9-14)16-10-27-32(11-16)17-3-4-17/h10-11,14-15,17-20H,3-9H2,1-2H3/t14-,15?,18-,19+,20-/m0/s1. The molecular formula is C24H28F2N6O. The summed E-state index contributed by atoms with van der Waals surface area (Å²) in [4.78, 5) is 19.0. The van der Waals surface area contributed by atoms with Crippen LogP contribution >= 0.6 is 0 Å². The molecule has 1 unspecified atom stereocenters. The van der Waals surface area contributed by atoms with Crippen LogP contribution in [0.3, 0.4) is 0 Å². The second-order valence-corrected chi connectivity index (χ2v) is 9.80. The number of nitrogens with zero attached hydrogens (tertiary/aromatic N) is 6. The first-order valence-electron chi connectivity index (χ1n) is 11.9. The van der Waals surface area contributed by atoms with Gasteiger partial charge in [-0.2, -0.15) is 5.10 Å². The van der Waals surface area contributed by atoms with Crippen molar-refractivity contribution in [3.8, 4) is 0 Å². The molecule has 174 valence electrons. The van der Waals surface area contributed by atoms with Crippen molar-refractivity contribution < 1.29 is 13.5 Å². The van der Waals surface area contributed by atoms with Crippen molar-refractivity contribution >= 4 is 11.2 Å². The minimum Gasteiger partial charge on any atom is -0.373 e. The first-order valence-corrected chi connectivity index (χ1v) is 11.9. The molecule has 0 spiro atoms. The molecule has 1 aliphatic heterocycles. The Balaban J connectivity index is 1.35. The van der Waals surface area contributed by atoms with Gasteiger partial charge in [0.2, 0.25) is 0 Å². The van der Waals surface area contributed by atoms with Crippen LogP contribution in [0.1, 0.15) is 91.0 Å². The van der Waals surface area contributed by atoms with Crippen LogP contribution < -0.4 is 0 Å². The van der Waals surface area contributed by atoms with Crippen LogP contribution in [-0.2, 0) is 4.74 Å². The monoisotopic (exact) mass is 454 g/mol. The number of halogens is 2. The number of hydrogen-bond donors (Lipinski definition) is 0. The summed E-state index contributed by atoms with van der Waals surface area (Å²) in [5.74, 6) is 0.432. The van der Waals surface area contributed by atoms with Gasteiger partial charge in [-0.25, -0.2) is 28.7 Å². The Labute approximate surface area is 191 Å². The van der Waals surface area contributed by atoms with Crippen LogP contribution in [0.2, 0.25) is 0 Å². The van der Waals surface area contributed by atoms with Crippen molar-refractivity contribution in [2.45, 2.75) is 88.7 Å². The van der Waals surface area contributed by atoms with Gasteiger partial charge in [0, 0.05) is 30.2 Å². The maximum absolute atomic E-state index is 14.1. The molecule has 9 heteroatoms. The summed E-state index contributed by atoms with van der Waals surface area (Å²) in [6, 6.07) is 0.528. The quantitative estimate of drug-likeness (QED) is 0.566. The van der Waals surface area contributed by atoms with E-state index in [1.54, 1.807) is 0 Å². The summed E-state index contributed by atoms with van der Waals surface area (Å²) in [5, 5.41) is 4.51. The number of alkyl halides is 2. The van der Waals surface area contributed by atoms with E-state index in [-0.39, 0.29) is 30.8 Å². The van der Waals surface area contributed by atoms with Crippen molar-refractivity contribution in [3.63, 3.8) is 0 Å². The lowest BCUT2D eigenvalue weighted by molar-refractivity contribution is 0.00391. The van der Waals surface area contributed by atoms with E-state index in [9.17, 15) is 8.78 Å². The van der Waals surface area contributed by atoms with E-state index in [1.807, 2.05) is 24.7 Å². The van der Waals surface area contributed by atoms with Gasteiger partial charge in [0.05, 0.1) is 35.4 Å². The second kappa shape index (κ2) is 8.04. The molecule has 0 bridgehead atoms. The molecule has 0 aromatic carbocycles. The van der Waals surface area contributed by atoms with Gasteiger partial charge >= 0.3 is 0 Å². The first kappa shape index (κ1) is 21.0. The third-order valence-corrected chi connectivity index (χ3v) is 7.35. The van der Waals surface area contributed by atoms with Crippen molar-refractivity contribution in [2.24, 2.45) is 0 Å². The number of rotatable bonds is 4. The zero-order chi connectivity index (χ0) is 22.7. The van der Waals surface area contributed by atoms with Crippen LogP contribution in [0, 0.1) is 13.8 Å². The lowest BCUT2D eigenvalue weighted by atomic mass is 9.91. The van der Waals surface area contributed by atoms with Crippen molar-refractivity contribution in [1.29, 1.82) is 0 Å². The Kier molecular flexibility index (Phi) is 5.12. The van der Waals surface area contributed by atoms with Crippen LogP contribution in [-0.4, -0.2) is 48.7 Å². The predicted octanol–water partition coefficient (Wildman–Crippen LogP) is 4.76. The predicted molar refractivity (Wildman–Crippen MR) is 118 cm³/mol. The normalized spacial score (nSPS) is 30.2. The van der Waals surface area contributed by atoms with Crippen LogP contribution in [0.5, 0.6) is 0 Å². The summed E-state index contributed by atoms with van der Waals surface area (Å²) < 4.78 is 36.3. The lowest BCUT2D eigenvalue weighted by Gasteiger charge is -2.28. The first-order chi connectivity index (χ1) is 16.0. The van der Waals surface area contributed by atoms with E-state index in [1.165, 1.54) is 12.8 Å². The van der Waals surface area contributed by atoms with Gasteiger partial charge in [0.1, 0.15) is 23.7 Å². The molecule has 1 saturated heterocycles. The van der Waals surface area contributed by atoms with E-state index in [0.717, 1.165) is 29.8 Å². The molecule has 7 nitrogen and oxygen atoms in total. The van der Waals surface area contributed by atoms with Crippen LogP contribution in [0.25, 0.3) is 11.2 Å². The van der Waals surface area contributed by atoms with Gasteiger partial charge in [0.25, 0.3) is 0 Å². The topological polar surface area (TPSA) is 78.6 Å². The Morgan fingerprint density at radius 1 is 0.909 bits per heavy atom. The third kappa shape index (κ3) is 3.90. The lowest BCUT2D eigenvalue weighted by Crippen LogP contribution is -2.21. The van der Waals surface area contributed by atoms with E-state index >= 15 is 0 Å². The van der Waals surface area contributed by atoms with Gasteiger partial charge in [-0.3, -0.25) is 4.68 Å². The summed E-state index contributed by atoms with van der Waals surface area (Å²) in [7, 11) is 0. The Morgan fingerprint density at radius 2 is 1.67 bits per heavy atom. The summed E-state index contributed by atoms with van der Waals surface area (Å²) in [6.07, 6.45) is 5.15. The smallest absolute Gasteiger partial charge is 0.182 e. The second-order valence-electron chi connectivity index (χ2n) is 9.80. The Morgan fingerprint density at radius 3 is 2.42 bits per heavy atom. The number of fused-ring (bicyclic) bond motifs is 1. The average Bonchev–Trinajstić information content (AvgIpc) is 3.44. The zero-order valence-electron chi connectivity index (χ0n) is 18.9. The zero-order valence-corrected chi connectivity index (χ0v) is 18.9. The van der Waals surface area contributed by atoms with Gasteiger partial charge in [-0.15, -0.1) is 0 Å². The molecule has 0 amide bonds. The average molecular weight is 455 g/mol. The van der Waals surface area contributed by atoms with E-state index in [2.05, 4.69) is 21.3 Å². The van der Waals surface area contributed by atoms with Crippen molar-refractivity contribution in [1.82, 2.24) is 29.7 Å². The molecule has 2 aliphatic carbocycles. The van der Waals surface area contributed by atoms with E-state index < -0.39 is 12.3 Å². The highest BCUT2D eigenvalue weighted by atomic mass is 19.2. The number of hydrogen-bond acceptors (Lipinski definition) is 6. The highest BCUT2D eigenvalue weighted by Gasteiger charge is 2.38. The molecule has 2 saturated carbocycles. The minimum absolute atomic E-state index is 0.0678. The Hall–Kier alpha value is -2.55. The molecule has 33 heavy (non-hydrogen) atoms. The third-order valence-electron chi connectivity index (χ3n) is 7.35. The minimum atomic E-state index is -1.46. The molecule has 0 N–H and O–H groups in total. The molecule has 3 aromatic heterocycles. The SMILES string of the molecule is Cc1nc2nc([C@H]3CCO[C@H](c4cnn(C5CC5)c4)C3)nc(C3C[C@@H](F)[C@@H](F)C3)c2nc1C. The molecule has 3 aromatic rings. The molecule has 4 heterocycles. The maximum atomic E-state index is 14.1.